The van der Waals surface area contributed by atoms with Gasteiger partial charge in [0.2, 0.25) is 0 Å². The molecule has 0 saturated carbocycles. The first-order valence-corrected chi connectivity index (χ1v) is 15.2. The molecule has 41 heavy (non-hydrogen) atoms. The molecule has 6 rings (SSSR count). The Labute approximate surface area is 253 Å². The van der Waals surface area contributed by atoms with Gasteiger partial charge in [-0.1, -0.05) is 31.5 Å². The van der Waals surface area contributed by atoms with E-state index >= 15 is 0 Å². The molecule has 1 N–H and O–H groups in total. The molecule has 212 valence electrons. The van der Waals surface area contributed by atoms with Crippen molar-refractivity contribution >= 4 is 40.3 Å². The number of benzene rings is 1. The lowest BCUT2D eigenvalue weighted by molar-refractivity contribution is 0.357. The maximum atomic E-state index is 7.03. The van der Waals surface area contributed by atoms with Crippen LogP contribution in [0.3, 0.4) is 0 Å². The molecule has 4 atom stereocenters. The first-order valence-electron chi connectivity index (χ1n) is 14.4. The Morgan fingerprint density at radius 3 is 2.39 bits per heavy atom. The van der Waals surface area contributed by atoms with Gasteiger partial charge in [0.05, 0.1) is 28.5 Å². The largest absolute Gasteiger partial charge is 0.370 e. The van der Waals surface area contributed by atoms with Crippen molar-refractivity contribution in [2.75, 3.05) is 22.9 Å². The van der Waals surface area contributed by atoms with Crippen molar-refractivity contribution in [1.82, 2.24) is 19.9 Å². The van der Waals surface area contributed by atoms with Crippen LogP contribution in [-0.4, -0.2) is 32.7 Å². The number of pyridine rings is 2. The molecule has 8 heteroatoms. The van der Waals surface area contributed by atoms with E-state index in [1.807, 2.05) is 30.6 Å². The predicted octanol–water partition coefficient (Wildman–Crippen LogP) is 7.51. The molecular weight excluding hydrogens is 548 g/mol. The number of aryl methyl sites for hydroxylation is 2. The standard InChI is InChI=1S/C33H37ClN6S/c1-20-11-13-36-30(15-20)39-23(4)16-26(24(39)5)32-31(28-8-6-7-12-35-28)37-33(41)40(32)25-9-10-29(27(34)17-25)38-18-21(2)14-22(3)19-38/h6-13,15-17,21-22,31-32H,14,18-19H2,1-5H3,(H,37,41)/t21-,22+,31-,32-/m0/s1. The molecule has 2 saturated heterocycles. The Morgan fingerprint density at radius 2 is 1.71 bits per heavy atom. The predicted molar refractivity (Wildman–Crippen MR) is 172 cm³/mol. The highest BCUT2D eigenvalue weighted by molar-refractivity contribution is 7.80. The molecule has 4 aromatic rings. The minimum atomic E-state index is -0.134. The fraction of sp³-hybridized carbons (Fsp3) is 0.364. The van der Waals surface area contributed by atoms with Crippen LogP contribution in [0.25, 0.3) is 5.82 Å². The third-order valence-electron chi connectivity index (χ3n) is 8.44. The van der Waals surface area contributed by atoms with Crippen LogP contribution in [-0.2, 0) is 0 Å². The molecule has 2 aliphatic rings. The van der Waals surface area contributed by atoms with Crippen LogP contribution in [0.4, 0.5) is 11.4 Å². The number of nitrogens with zero attached hydrogens (tertiary/aromatic N) is 5. The molecule has 0 unspecified atom stereocenters. The molecule has 3 aromatic heterocycles. The number of thiocarbonyl (C=S) groups is 1. The van der Waals surface area contributed by atoms with E-state index in [0.717, 1.165) is 52.4 Å². The Kier molecular flexibility index (Phi) is 7.51. The molecule has 0 aliphatic carbocycles. The third-order valence-corrected chi connectivity index (χ3v) is 9.05. The van der Waals surface area contributed by atoms with Crippen molar-refractivity contribution < 1.29 is 0 Å². The second kappa shape index (κ2) is 11.1. The Morgan fingerprint density at radius 1 is 0.927 bits per heavy atom. The maximum absolute atomic E-state index is 7.03. The van der Waals surface area contributed by atoms with E-state index in [1.54, 1.807) is 0 Å². The SMILES string of the molecule is Cc1ccnc(-n2c(C)cc([C@H]3[C@H](c4ccccn4)NC(=S)N3c3ccc(N4C[C@H](C)C[C@H](C)C4)c(Cl)c3)c2C)c1. The molecule has 6 nitrogen and oxygen atoms in total. The van der Waals surface area contributed by atoms with Gasteiger partial charge in [0, 0.05) is 42.6 Å². The van der Waals surface area contributed by atoms with E-state index in [1.165, 1.54) is 17.5 Å². The summed E-state index contributed by atoms with van der Waals surface area (Å²) in [4.78, 5) is 14.1. The lowest BCUT2D eigenvalue weighted by Gasteiger charge is -2.37. The molecule has 0 radical (unpaired) electrons. The van der Waals surface area contributed by atoms with Crippen LogP contribution in [0.1, 0.15) is 60.6 Å². The number of anilines is 2. The molecule has 2 aliphatic heterocycles. The second-order valence-electron chi connectivity index (χ2n) is 11.8. The minimum absolute atomic E-state index is 0.126. The van der Waals surface area contributed by atoms with Crippen molar-refractivity contribution in [1.29, 1.82) is 0 Å². The molecular formula is C33H37ClN6S. The van der Waals surface area contributed by atoms with Crippen LogP contribution in [0.2, 0.25) is 5.02 Å². The zero-order valence-corrected chi connectivity index (χ0v) is 25.9. The second-order valence-corrected chi connectivity index (χ2v) is 12.6. The van der Waals surface area contributed by atoms with E-state index in [4.69, 9.17) is 33.8 Å². The average Bonchev–Trinajstić information content (AvgIpc) is 3.43. The van der Waals surface area contributed by atoms with Crippen LogP contribution in [0.15, 0.2) is 67.0 Å². The summed E-state index contributed by atoms with van der Waals surface area (Å²) in [5.74, 6) is 2.20. The highest BCUT2D eigenvalue weighted by atomic mass is 35.5. The van der Waals surface area contributed by atoms with E-state index in [9.17, 15) is 0 Å². The van der Waals surface area contributed by atoms with Gasteiger partial charge in [-0.05, 0) is 111 Å². The van der Waals surface area contributed by atoms with Gasteiger partial charge < -0.3 is 19.7 Å². The number of piperidine rings is 1. The fourth-order valence-electron chi connectivity index (χ4n) is 6.79. The molecule has 5 heterocycles. The third kappa shape index (κ3) is 5.22. The number of rotatable bonds is 5. The van der Waals surface area contributed by atoms with E-state index < -0.39 is 0 Å². The van der Waals surface area contributed by atoms with Crippen molar-refractivity contribution in [2.45, 2.75) is 53.1 Å². The summed E-state index contributed by atoms with van der Waals surface area (Å²) >= 11 is 13.0. The summed E-state index contributed by atoms with van der Waals surface area (Å²) in [6.07, 6.45) is 4.96. The number of hydrogen-bond donors (Lipinski definition) is 1. The van der Waals surface area contributed by atoms with Crippen molar-refractivity contribution in [2.24, 2.45) is 11.8 Å². The number of nitrogens with one attached hydrogen (secondary N) is 1. The smallest absolute Gasteiger partial charge is 0.174 e. The zero-order chi connectivity index (χ0) is 28.8. The zero-order valence-electron chi connectivity index (χ0n) is 24.3. The highest BCUT2D eigenvalue weighted by Crippen LogP contribution is 2.45. The van der Waals surface area contributed by atoms with Gasteiger partial charge in [-0.25, -0.2) is 4.98 Å². The van der Waals surface area contributed by atoms with Gasteiger partial charge >= 0.3 is 0 Å². The maximum Gasteiger partial charge on any atom is 0.174 e. The average molecular weight is 585 g/mol. The molecule has 0 bridgehead atoms. The summed E-state index contributed by atoms with van der Waals surface area (Å²) in [6, 6.07) is 18.6. The van der Waals surface area contributed by atoms with Gasteiger partial charge in [-0.3, -0.25) is 4.98 Å². The van der Waals surface area contributed by atoms with Gasteiger partial charge in [0.15, 0.2) is 5.11 Å². The van der Waals surface area contributed by atoms with Crippen molar-refractivity contribution in [3.8, 4) is 5.82 Å². The topological polar surface area (TPSA) is 49.2 Å². The normalized spacial score (nSPS) is 22.7. The van der Waals surface area contributed by atoms with E-state index in [2.05, 4.69) is 90.7 Å². The van der Waals surface area contributed by atoms with Crippen molar-refractivity contribution in [3.63, 3.8) is 0 Å². The van der Waals surface area contributed by atoms with Gasteiger partial charge in [-0.15, -0.1) is 0 Å². The fourth-order valence-corrected chi connectivity index (χ4v) is 7.43. The summed E-state index contributed by atoms with van der Waals surface area (Å²) in [5, 5.41) is 5.01. The van der Waals surface area contributed by atoms with Gasteiger partial charge in [0.25, 0.3) is 0 Å². The lowest BCUT2D eigenvalue weighted by atomic mass is 9.91. The van der Waals surface area contributed by atoms with E-state index in [0.29, 0.717) is 16.9 Å². The van der Waals surface area contributed by atoms with Crippen LogP contribution < -0.4 is 15.1 Å². The first-order chi connectivity index (χ1) is 19.7. The van der Waals surface area contributed by atoms with E-state index in [-0.39, 0.29) is 12.1 Å². The molecule has 0 amide bonds. The molecule has 2 fully saturated rings. The number of halogens is 1. The quantitative estimate of drug-likeness (QED) is 0.245. The van der Waals surface area contributed by atoms with Gasteiger partial charge in [0.1, 0.15) is 5.82 Å². The summed E-state index contributed by atoms with van der Waals surface area (Å²) < 4.78 is 2.23. The van der Waals surface area contributed by atoms with Gasteiger partial charge in [-0.2, -0.15) is 0 Å². The van der Waals surface area contributed by atoms with Crippen LogP contribution >= 0.6 is 23.8 Å². The Balaban J connectivity index is 1.44. The molecule has 1 aromatic carbocycles. The monoisotopic (exact) mass is 584 g/mol. The minimum Gasteiger partial charge on any atom is -0.370 e. The van der Waals surface area contributed by atoms with Crippen LogP contribution in [0, 0.1) is 32.6 Å². The Bertz CT molecular complexity index is 1570. The van der Waals surface area contributed by atoms with Crippen LogP contribution in [0.5, 0.6) is 0 Å². The highest BCUT2D eigenvalue weighted by Gasteiger charge is 2.42. The van der Waals surface area contributed by atoms with Crippen molar-refractivity contribution in [3.05, 3.63) is 100 Å². The summed E-state index contributed by atoms with van der Waals surface area (Å²) in [5.41, 5.74) is 7.60. The summed E-state index contributed by atoms with van der Waals surface area (Å²) in [6.45, 7) is 13.1. The first kappa shape index (κ1) is 27.7. The summed E-state index contributed by atoms with van der Waals surface area (Å²) in [7, 11) is 0. The Hall–Kier alpha value is -3.42. The lowest BCUT2D eigenvalue weighted by Crippen LogP contribution is -2.38. The number of hydrogen-bond acceptors (Lipinski definition) is 4. The molecule has 0 spiro atoms. The number of aromatic nitrogens is 3.